The molecule has 0 saturated carbocycles. The number of carbonyl (C=O) groups is 2. The highest BCUT2D eigenvalue weighted by atomic mass is 32.1. The van der Waals surface area contributed by atoms with E-state index in [1.165, 1.54) is 29.3 Å². The van der Waals surface area contributed by atoms with Crippen molar-refractivity contribution in [2.45, 2.75) is 13.1 Å². The summed E-state index contributed by atoms with van der Waals surface area (Å²) in [5.74, 6) is -1.40. The van der Waals surface area contributed by atoms with Gasteiger partial charge >= 0.3 is 6.18 Å². The number of hydrogen-bond acceptors (Lipinski definition) is 6. The molecule has 8 nitrogen and oxygen atoms in total. The molecule has 4 heterocycles. The Labute approximate surface area is 176 Å². The summed E-state index contributed by atoms with van der Waals surface area (Å²) in [6, 6.07) is 3.78. The lowest BCUT2D eigenvalue weighted by molar-refractivity contribution is -0.140. The predicted octanol–water partition coefficient (Wildman–Crippen LogP) is 3.97. The van der Waals surface area contributed by atoms with Gasteiger partial charge in [0.15, 0.2) is 0 Å². The van der Waals surface area contributed by atoms with Gasteiger partial charge in [-0.3, -0.25) is 14.3 Å². The molecule has 0 atom stereocenters. The second kappa shape index (κ2) is 7.23. The van der Waals surface area contributed by atoms with Gasteiger partial charge in [0.2, 0.25) is 0 Å². The van der Waals surface area contributed by atoms with Crippen molar-refractivity contribution in [3.8, 4) is 11.3 Å². The SMILES string of the molecule is Cc1nn(C)cc1C(=O)Nc1c(C(N)=O)sc2nc(C(F)(F)F)cc(-c3ccco3)c12. The van der Waals surface area contributed by atoms with Crippen LogP contribution in [0.3, 0.4) is 0 Å². The number of nitrogens with two attached hydrogens (primary N) is 1. The molecule has 31 heavy (non-hydrogen) atoms. The van der Waals surface area contributed by atoms with Gasteiger partial charge in [0.25, 0.3) is 11.8 Å². The van der Waals surface area contributed by atoms with E-state index in [9.17, 15) is 22.8 Å². The zero-order valence-electron chi connectivity index (χ0n) is 16.1. The van der Waals surface area contributed by atoms with Gasteiger partial charge in [-0.05, 0) is 25.1 Å². The normalized spacial score (nSPS) is 11.8. The van der Waals surface area contributed by atoms with Crippen LogP contribution in [-0.4, -0.2) is 26.6 Å². The standard InChI is InChI=1S/C19H14F3N5O3S/c1-8-10(7-27(2)26-8)17(29)25-14-13-9(11-4-3-5-30-11)6-12(19(20,21)22)24-18(13)31-15(14)16(23)28/h3-7H,1-2H3,(H2,23,28)(H,25,29). The summed E-state index contributed by atoms with van der Waals surface area (Å²) in [4.78, 5) is 28.3. The number of fused-ring (bicyclic) bond motifs is 1. The molecule has 0 saturated heterocycles. The maximum atomic E-state index is 13.4. The van der Waals surface area contributed by atoms with Crippen LogP contribution in [0.1, 0.15) is 31.4 Å². The Morgan fingerprint density at radius 2 is 2.06 bits per heavy atom. The highest BCUT2D eigenvalue weighted by Crippen LogP contribution is 2.43. The second-order valence-corrected chi connectivity index (χ2v) is 7.64. The first-order valence-corrected chi connectivity index (χ1v) is 9.58. The molecule has 0 unspecified atom stereocenters. The lowest BCUT2D eigenvalue weighted by atomic mass is 10.1. The summed E-state index contributed by atoms with van der Waals surface area (Å²) in [6.45, 7) is 1.63. The molecule has 4 aromatic heterocycles. The number of thiophene rings is 1. The van der Waals surface area contributed by atoms with Crippen LogP contribution < -0.4 is 11.1 Å². The minimum atomic E-state index is -4.73. The Morgan fingerprint density at radius 1 is 1.32 bits per heavy atom. The Bertz CT molecular complexity index is 1320. The van der Waals surface area contributed by atoms with Gasteiger partial charge in [-0.1, -0.05) is 0 Å². The average Bonchev–Trinajstić information content (AvgIpc) is 3.39. The van der Waals surface area contributed by atoms with Crippen molar-refractivity contribution in [1.29, 1.82) is 0 Å². The van der Waals surface area contributed by atoms with Crippen LogP contribution in [0.4, 0.5) is 18.9 Å². The van der Waals surface area contributed by atoms with Gasteiger partial charge in [-0.2, -0.15) is 18.3 Å². The Morgan fingerprint density at radius 3 is 2.61 bits per heavy atom. The van der Waals surface area contributed by atoms with E-state index in [2.05, 4.69) is 15.4 Å². The van der Waals surface area contributed by atoms with Crippen LogP contribution >= 0.6 is 11.3 Å². The van der Waals surface area contributed by atoms with E-state index < -0.39 is 23.7 Å². The Kier molecular flexibility index (Phi) is 4.81. The maximum absolute atomic E-state index is 13.4. The number of rotatable bonds is 4. The van der Waals surface area contributed by atoms with E-state index in [0.717, 1.165) is 6.07 Å². The molecule has 0 aliphatic carbocycles. The fourth-order valence-electron chi connectivity index (χ4n) is 3.17. The summed E-state index contributed by atoms with van der Waals surface area (Å²) < 4.78 is 47.0. The predicted molar refractivity (Wildman–Crippen MR) is 107 cm³/mol. The minimum absolute atomic E-state index is 0.0179. The van der Waals surface area contributed by atoms with E-state index in [1.807, 2.05) is 0 Å². The number of halogens is 3. The first kappa shape index (κ1) is 20.6. The summed E-state index contributed by atoms with van der Waals surface area (Å²) in [5, 5.41) is 6.81. The molecular weight excluding hydrogens is 435 g/mol. The second-order valence-electron chi connectivity index (χ2n) is 6.64. The molecule has 12 heteroatoms. The highest BCUT2D eigenvalue weighted by molar-refractivity contribution is 7.21. The third kappa shape index (κ3) is 3.65. The number of furan rings is 1. The number of pyridine rings is 1. The Balaban J connectivity index is 1.97. The smallest absolute Gasteiger partial charge is 0.433 e. The molecule has 4 aromatic rings. The van der Waals surface area contributed by atoms with Gasteiger partial charge in [-0.15, -0.1) is 11.3 Å². The van der Waals surface area contributed by atoms with Crippen molar-refractivity contribution in [3.05, 3.63) is 52.5 Å². The molecule has 0 aromatic carbocycles. The summed E-state index contributed by atoms with van der Waals surface area (Å²) >= 11 is 0.657. The van der Waals surface area contributed by atoms with E-state index in [0.29, 0.717) is 17.0 Å². The zero-order chi connectivity index (χ0) is 22.5. The number of nitrogens with zero attached hydrogens (tertiary/aromatic N) is 3. The molecule has 4 rings (SSSR count). The number of anilines is 1. The number of aromatic nitrogens is 3. The number of hydrogen-bond donors (Lipinski definition) is 2. The fourth-order valence-corrected chi connectivity index (χ4v) is 4.17. The molecule has 0 aliphatic rings. The van der Waals surface area contributed by atoms with Gasteiger partial charge in [-0.25, -0.2) is 4.98 Å². The van der Waals surface area contributed by atoms with E-state index in [-0.39, 0.29) is 37.7 Å². The zero-order valence-corrected chi connectivity index (χ0v) is 16.9. The van der Waals surface area contributed by atoms with Crippen molar-refractivity contribution in [2.24, 2.45) is 12.8 Å². The van der Waals surface area contributed by atoms with E-state index in [4.69, 9.17) is 10.2 Å². The number of alkyl halides is 3. The van der Waals surface area contributed by atoms with Crippen LogP contribution in [0.15, 0.2) is 35.1 Å². The van der Waals surface area contributed by atoms with Gasteiger partial charge in [0, 0.05) is 24.2 Å². The number of nitrogens with one attached hydrogen (secondary N) is 1. The molecule has 0 spiro atoms. The summed E-state index contributed by atoms with van der Waals surface area (Å²) in [6.07, 6.45) is -1.95. The molecule has 0 fully saturated rings. The maximum Gasteiger partial charge on any atom is 0.433 e. The number of aryl methyl sites for hydroxylation is 2. The van der Waals surface area contributed by atoms with E-state index in [1.54, 1.807) is 14.0 Å². The largest absolute Gasteiger partial charge is 0.464 e. The fraction of sp³-hybridized carbons (Fsp3) is 0.158. The van der Waals surface area contributed by atoms with E-state index >= 15 is 0 Å². The molecule has 3 N–H and O–H groups in total. The molecular formula is C19H14F3N5O3S. The van der Waals surface area contributed by atoms with Crippen molar-refractivity contribution in [3.63, 3.8) is 0 Å². The first-order valence-electron chi connectivity index (χ1n) is 8.76. The number of amides is 2. The van der Waals surface area contributed by atoms with Crippen molar-refractivity contribution >= 4 is 39.1 Å². The minimum Gasteiger partial charge on any atom is -0.464 e. The third-order valence-corrected chi connectivity index (χ3v) is 5.56. The third-order valence-electron chi connectivity index (χ3n) is 4.46. The lowest BCUT2D eigenvalue weighted by Gasteiger charge is -2.11. The van der Waals surface area contributed by atoms with Crippen LogP contribution in [0.25, 0.3) is 21.5 Å². The number of primary amides is 1. The van der Waals surface area contributed by atoms with Gasteiger partial charge < -0.3 is 15.5 Å². The highest BCUT2D eigenvalue weighted by Gasteiger charge is 2.35. The van der Waals surface area contributed by atoms with Crippen LogP contribution in [0, 0.1) is 6.92 Å². The molecule has 0 radical (unpaired) electrons. The quantitative estimate of drug-likeness (QED) is 0.489. The molecule has 0 aliphatic heterocycles. The summed E-state index contributed by atoms with van der Waals surface area (Å²) in [5.41, 5.74) is 4.94. The van der Waals surface area contributed by atoms with Crippen molar-refractivity contribution < 1.29 is 27.2 Å². The van der Waals surface area contributed by atoms with Gasteiger partial charge in [0.1, 0.15) is 21.2 Å². The topological polar surface area (TPSA) is 116 Å². The van der Waals surface area contributed by atoms with Gasteiger partial charge in [0.05, 0.1) is 23.2 Å². The Hall–Kier alpha value is -3.67. The van der Waals surface area contributed by atoms with Crippen molar-refractivity contribution in [2.75, 3.05) is 5.32 Å². The van der Waals surface area contributed by atoms with Crippen molar-refractivity contribution in [1.82, 2.24) is 14.8 Å². The monoisotopic (exact) mass is 449 g/mol. The van der Waals surface area contributed by atoms with Crippen LogP contribution in [-0.2, 0) is 13.2 Å². The van der Waals surface area contributed by atoms with Crippen LogP contribution in [0.2, 0.25) is 0 Å². The van der Waals surface area contributed by atoms with Crippen LogP contribution in [0.5, 0.6) is 0 Å². The number of carbonyl (C=O) groups excluding carboxylic acids is 2. The lowest BCUT2D eigenvalue weighted by Crippen LogP contribution is -2.17. The molecule has 2 amide bonds. The average molecular weight is 449 g/mol. The summed E-state index contributed by atoms with van der Waals surface area (Å²) in [7, 11) is 1.64. The molecule has 0 bridgehead atoms. The molecule has 160 valence electrons. The first-order chi connectivity index (χ1) is 14.6.